The van der Waals surface area contributed by atoms with Gasteiger partial charge in [-0.2, -0.15) is 0 Å². The average molecular weight is 321 g/mol. The fraction of sp³-hybridized carbons (Fsp3) is 0.700. The van der Waals surface area contributed by atoms with Gasteiger partial charge >= 0.3 is 0 Å². The zero-order chi connectivity index (χ0) is 17.8. The zero-order valence-corrected chi connectivity index (χ0v) is 16.1. The Morgan fingerprint density at radius 1 is 1.09 bits per heavy atom. The maximum absolute atomic E-state index is 6.11. The van der Waals surface area contributed by atoms with E-state index < -0.39 is 0 Å². The Balaban J connectivity index is 3.41. The molecule has 0 aromatic heterocycles. The Labute approximate surface area is 142 Å². The molecule has 3 heteroatoms. The number of aryl methyl sites for hydroxylation is 1. The second-order valence-electron chi connectivity index (χ2n) is 7.79. The molecule has 2 atom stereocenters. The summed E-state index contributed by atoms with van der Waals surface area (Å²) in [6.45, 7) is 17.4. The van der Waals surface area contributed by atoms with Crippen molar-refractivity contribution in [1.82, 2.24) is 0 Å². The first-order valence-electron chi connectivity index (χ1n) is 8.85. The lowest BCUT2D eigenvalue weighted by atomic mass is 9.76. The molecule has 0 aliphatic heterocycles. The molecule has 0 fully saturated rings. The molecule has 1 aromatic carbocycles. The van der Waals surface area contributed by atoms with Crippen LogP contribution in [-0.2, 0) is 5.41 Å². The summed E-state index contributed by atoms with van der Waals surface area (Å²) in [5, 5.41) is 0. The van der Waals surface area contributed by atoms with E-state index in [2.05, 4.69) is 53.7 Å². The van der Waals surface area contributed by atoms with Crippen molar-refractivity contribution in [1.29, 1.82) is 0 Å². The van der Waals surface area contributed by atoms with E-state index in [4.69, 9.17) is 16.2 Å². The lowest BCUT2D eigenvalue weighted by Crippen LogP contribution is -2.32. The minimum absolute atomic E-state index is 0.0510. The monoisotopic (exact) mass is 320 g/mol. The van der Waals surface area contributed by atoms with Gasteiger partial charge in [0, 0.05) is 5.56 Å². The molecule has 0 bridgehead atoms. The minimum atomic E-state index is 0.0510. The Morgan fingerprint density at radius 2 is 1.65 bits per heavy atom. The predicted molar refractivity (Wildman–Crippen MR) is 100 cm³/mol. The van der Waals surface area contributed by atoms with E-state index in [9.17, 15) is 0 Å². The van der Waals surface area contributed by atoms with Gasteiger partial charge < -0.3 is 16.2 Å². The maximum atomic E-state index is 6.11. The standard InChI is InChI=1S/C20H36N2O/c1-8-23-19-17(15(4)14(3)16(11-21)12-22)9-13(2)10-18(19)20(5,6)7/h9-10,14-16H,8,11-12,21-22H2,1-7H3. The lowest BCUT2D eigenvalue weighted by molar-refractivity contribution is 0.299. The molecule has 4 N–H and O–H groups in total. The molecule has 1 aromatic rings. The minimum Gasteiger partial charge on any atom is -0.493 e. The van der Waals surface area contributed by atoms with Crippen LogP contribution in [0.4, 0.5) is 0 Å². The highest BCUT2D eigenvalue weighted by Gasteiger charge is 2.28. The smallest absolute Gasteiger partial charge is 0.126 e. The molecule has 132 valence electrons. The molecule has 0 aliphatic rings. The molecule has 2 unspecified atom stereocenters. The molecular formula is C20H36N2O. The van der Waals surface area contributed by atoms with E-state index in [0.29, 0.717) is 37.5 Å². The third kappa shape index (κ3) is 4.71. The van der Waals surface area contributed by atoms with Gasteiger partial charge in [-0.3, -0.25) is 0 Å². The van der Waals surface area contributed by atoms with Crippen molar-refractivity contribution in [3.63, 3.8) is 0 Å². The maximum Gasteiger partial charge on any atom is 0.126 e. The summed E-state index contributed by atoms with van der Waals surface area (Å²) < 4.78 is 6.11. The highest BCUT2D eigenvalue weighted by Crippen LogP contribution is 2.41. The van der Waals surface area contributed by atoms with E-state index in [1.165, 1.54) is 16.7 Å². The van der Waals surface area contributed by atoms with Crippen LogP contribution in [0.3, 0.4) is 0 Å². The van der Waals surface area contributed by atoms with Crippen LogP contribution in [0.1, 0.15) is 64.2 Å². The first-order valence-corrected chi connectivity index (χ1v) is 8.85. The van der Waals surface area contributed by atoms with Gasteiger partial charge in [-0.05, 0) is 55.7 Å². The van der Waals surface area contributed by atoms with Gasteiger partial charge in [0.05, 0.1) is 6.61 Å². The van der Waals surface area contributed by atoms with Crippen LogP contribution in [0.5, 0.6) is 5.75 Å². The topological polar surface area (TPSA) is 61.3 Å². The second-order valence-corrected chi connectivity index (χ2v) is 7.79. The quantitative estimate of drug-likeness (QED) is 0.799. The van der Waals surface area contributed by atoms with Crippen LogP contribution >= 0.6 is 0 Å². The Kier molecular flexibility index (Phi) is 7.09. The van der Waals surface area contributed by atoms with Crippen LogP contribution in [0.25, 0.3) is 0 Å². The van der Waals surface area contributed by atoms with Crippen molar-refractivity contribution in [3.8, 4) is 5.75 Å². The first kappa shape index (κ1) is 20.0. The van der Waals surface area contributed by atoms with E-state index in [1.54, 1.807) is 0 Å². The summed E-state index contributed by atoms with van der Waals surface area (Å²) in [4.78, 5) is 0. The van der Waals surface area contributed by atoms with Gasteiger partial charge in [0.25, 0.3) is 0 Å². The average Bonchev–Trinajstić information content (AvgIpc) is 2.48. The van der Waals surface area contributed by atoms with Crippen molar-refractivity contribution >= 4 is 0 Å². The van der Waals surface area contributed by atoms with E-state index in [1.807, 2.05) is 6.92 Å². The van der Waals surface area contributed by atoms with Gasteiger partial charge in [0.15, 0.2) is 0 Å². The van der Waals surface area contributed by atoms with Crippen molar-refractivity contribution in [2.24, 2.45) is 23.3 Å². The molecular weight excluding hydrogens is 284 g/mol. The number of benzene rings is 1. The van der Waals surface area contributed by atoms with Crippen molar-refractivity contribution in [2.75, 3.05) is 19.7 Å². The van der Waals surface area contributed by atoms with Crippen molar-refractivity contribution in [3.05, 3.63) is 28.8 Å². The van der Waals surface area contributed by atoms with Crippen LogP contribution < -0.4 is 16.2 Å². The number of rotatable bonds is 7. The molecule has 0 amide bonds. The molecule has 0 saturated carbocycles. The highest BCUT2D eigenvalue weighted by atomic mass is 16.5. The van der Waals surface area contributed by atoms with E-state index in [0.717, 1.165) is 5.75 Å². The van der Waals surface area contributed by atoms with Gasteiger partial charge in [-0.15, -0.1) is 0 Å². The molecule has 0 spiro atoms. The normalized spacial score (nSPS) is 14.9. The fourth-order valence-electron chi connectivity index (χ4n) is 3.22. The third-order valence-corrected chi connectivity index (χ3v) is 4.99. The summed E-state index contributed by atoms with van der Waals surface area (Å²) in [5.74, 6) is 2.16. The Morgan fingerprint density at radius 3 is 2.09 bits per heavy atom. The molecule has 3 nitrogen and oxygen atoms in total. The van der Waals surface area contributed by atoms with Gasteiger partial charge in [0.2, 0.25) is 0 Å². The fourth-order valence-corrected chi connectivity index (χ4v) is 3.22. The molecule has 1 rings (SSSR count). The van der Waals surface area contributed by atoms with Crippen LogP contribution in [-0.4, -0.2) is 19.7 Å². The zero-order valence-electron chi connectivity index (χ0n) is 16.1. The molecule has 23 heavy (non-hydrogen) atoms. The van der Waals surface area contributed by atoms with Crippen LogP contribution in [0, 0.1) is 18.8 Å². The van der Waals surface area contributed by atoms with Crippen LogP contribution in [0.2, 0.25) is 0 Å². The third-order valence-electron chi connectivity index (χ3n) is 4.99. The summed E-state index contributed by atoms with van der Waals surface area (Å²) in [6.07, 6.45) is 0. The predicted octanol–water partition coefficient (Wildman–Crippen LogP) is 3.96. The number of hydrogen-bond donors (Lipinski definition) is 2. The van der Waals surface area contributed by atoms with Crippen LogP contribution in [0.15, 0.2) is 12.1 Å². The lowest BCUT2D eigenvalue weighted by Gasteiger charge is -2.32. The number of ether oxygens (including phenoxy) is 1. The first-order chi connectivity index (χ1) is 10.7. The summed E-state index contributed by atoms with van der Waals surface area (Å²) in [6, 6.07) is 4.53. The molecule has 0 aliphatic carbocycles. The number of hydrogen-bond acceptors (Lipinski definition) is 3. The van der Waals surface area contributed by atoms with Crippen molar-refractivity contribution in [2.45, 2.75) is 59.8 Å². The Bertz CT molecular complexity index is 501. The Hall–Kier alpha value is -1.06. The van der Waals surface area contributed by atoms with Gasteiger partial charge in [-0.1, -0.05) is 52.3 Å². The summed E-state index contributed by atoms with van der Waals surface area (Å²) in [5.41, 5.74) is 15.7. The summed E-state index contributed by atoms with van der Waals surface area (Å²) >= 11 is 0. The van der Waals surface area contributed by atoms with Gasteiger partial charge in [0.1, 0.15) is 5.75 Å². The van der Waals surface area contributed by atoms with Crippen molar-refractivity contribution < 1.29 is 4.74 Å². The molecule has 0 saturated heterocycles. The largest absolute Gasteiger partial charge is 0.493 e. The van der Waals surface area contributed by atoms with Gasteiger partial charge in [-0.25, -0.2) is 0 Å². The van der Waals surface area contributed by atoms with E-state index >= 15 is 0 Å². The van der Waals surface area contributed by atoms with E-state index in [-0.39, 0.29) is 5.41 Å². The second kappa shape index (κ2) is 8.16. The highest BCUT2D eigenvalue weighted by molar-refractivity contribution is 5.49. The number of nitrogens with two attached hydrogens (primary N) is 2. The summed E-state index contributed by atoms with van der Waals surface area (Å²) in [7, 11) is 0. The molecule has 0 heterocycles. The molecule has 0 radical (unpaired) electrons. The SMILES string of the molecule is CCOc1c(C(C)C(C)C(CN)CN)cc(C)cc1C(C)(C)C.